The Hall–Kier alpha value is 0.174. The van der Waals surface area contributed by atoms with Gasteiger partial charge in [-0.2, -0.15) is 0 Å². The highest BCUT2D eigenvalue weighted by Gasteiger charge is 2.62. The minimum atomic E-state index is -1.22. The molecular formula is C32H58Si2. The molecule has 0 nitrogen and oxygen atoms in total. The lowest BCUT2D eigenvalue weighted by Crippen LogP contribution is -2.53. The second-order valence-electron chi connectivity index (χ2n) is 17.3. The average Bonchev–Trinajstić information content (AvgIpc) is 3.46. The number of hydrogen-bond acceptors (Lipinski definition) is 0. The molecule has 0 aliphatic heterocycles. The van der Waals surface area contributed by atoms with Gasteiger partial charge in [-0.15, -0.1) is 0 Å². The Morgan fingerprint density at radius 2 is 1.47 bits per heavy atom. The van der Waals surface area contributed by atoms with E-state index in [0.717, 1.165) is 29.6 Å². The Morgan fingerprint density at radius 3 is 2.06 bits per heavy atom. The first-order valence-corrected chi connectivity index (χ1v) is 22.0. The monoisotopic (exact) mass is 498 g/mol. The summed E-state index contributed by atoms with van der Waals surface area (Å²) in [6.07, 6.45) is 18.0. The van der Waals surface area contributed by atoms with Gasteiger partial charge in [-0.05, 0) is 115 Å². The van der Waals surface area contributed by atoms with Crippen molar-refractivity contribution in [2.75, 3.05) is 0 Å². The van der Waals surface area contributed by atoms with Crippen LogP contribution < -0.4 is 0 Å². The summed E-state index contributed by atoms with van der Waals surface area (Å²) in [6, 6.07) is 1.58. The van der Waals surface area contributed by atoms with Gasteiger partial charge in [-0.1, -0.05) is 85.0 Å². The van der Waals surface area contributed by atoms with Crippen LogP contribution in [-0.2, 0) is 0 Å². The zero-order valence-corrected chi connectivity index (χ0v) is 26.7. The van der Waals surface area contributed by atoms with Gasteiger partial charge in [0.15, 0.2) is 0 Å². The molecule has 5 aliphatic rings. The largest absolute Gasteiger partial charge is 0.0845 e. The second-order valence-corrected chi connectivity index (χ2v) is 28.4. The molecule has 0 radical (unpaired) electrons. The van der Waals surface area contributed by atoms with Gasteiger partial charge in [0.25, 0.3) is 0 Å². The van der Waals surface area contributed by atoms with Crippen LogP contribution in [0.4, 0.5) is 0 Å². The molecule has 4 saturated carbocycles. The van der Waals surface area contributed by atoms with E-state index in [2.05, 4.69) is 73.4 Å². The van der Waals surface area contributed by atoms with Gasteiger partial charge >= 0.3 is 0 Å². The molecular weight excluding hydrogens is 441 g/mol. The molecule has 0 unspecified atom stereocenters. The lowest BCUT2D eigenvalue weighted by atomic mass is 9.45. The van der Waals surface area contributed by atoms with Crippen molar-refractivity contribution < 1.29 is 0 Å². The summed E-state index contributed by atoms with van der Waals surface area (Å²) in [5, 5.41) is 1.23. The maximum absolute atomic E-state index is 2.84. The number of hydrogen-bond donors (Lipinski definition) is 0. The molecule has 2 heteroatoms. The van der Waals surface area contributed by atoms with Gasteiger partial charge in [0.1, 0.15) is 0 Å². The van der Waals surface area contributed by atoms with Crippen molar-refractivity contribution in [2.24, 2.45) is 40.4 Å². The zero-order chi connectivity index (χ0) is 24.9. The maximum atomic E-state index is 2.84. The summed E-state index contributed by atoms with van der Waals surface area (Å²) in [7, 11) is -2.33. The van der Waals surface area contributed by atoms with Gasteiger partial charge in [0.05, 0.1) is 16.1 Å². The van der Waals surface area contributed by atoms with Crippen LogP contribution in [0.15, 0.2) is 11.6 Å². The van der Waals surface area contributed by atoms with Crippen LogP contribution in [0.5, 0.6) is 0 Å². The van der Waals surface area contributed by atoms with Gasteiger partial charge in [0.2, 0.25) is 0 Å². The Bertz CT molecular complexity index is 834. The summed E-state index contributed by atoms with van der Waals surface area (Å²) in [5.41, 5.74) is 3.19. The van der Waals surface area contributed by atoms with Crippen molar-refractivity contribution >= 4 is 16.1 Å². The maximum Gasteiger partial charge on any atom is 0.0552 e. The SMILES string of the molecule is CC(C)(C)[Si](C)(C)C[C@H]1CC[C@@H]2[C@H]3CC[C@H]4CC(C5([Si](C)(C)C)CC5)=CC[C@]4(C)[C@@H]3CC[C@]12C. The number of allylic oxidation sites excluding steroid dienone is 2. The average molecular weight is 499 g/mol. The Kier molecular flexibility index (Phi) is 5.95. The second kappa shape index (κ2) is 7.84. The van der Waals surface area contributed by atoms with E-state index in [1.807, 2.05) is 5.57 Å². The van der Waals surface area contributed by atoms with Gasteiger partial charge < -0.3 is 0 Å². The van der Waals surface area contributed by atoms with Crippen LogP contribution in [-0.4, -0.2) is 16.1 Å². The third-order valence-electron chi connectivity index (χ3n) is 14.1. The summed E-state index contributed by atoms with van der Waals surface area (Å²) < 4.78 is 0. The summed E-state index contributed by atoms with van der Waals surface area (Å²) >= 11 is 0. The van der Waals surface area contributed by atoms with Gasteiger partial charge in [0, 0.05) is 0 Å². The molecule has 4 fully saturated rings. The number of rotatable bonds is 4. The van der Waals surface area contributed by atoms with E-state index >= 15 is 0 Å². The molecule has 0 amide bonds. The molecule has 0 spiro atoms. The van der Waals surface area contributed by atoms with Crippen LogP contribution in [0.25, 0.3) is 0 Å². The van der Waals surface area contributed by atoms with Crippen LogP contribution in [0.3, 0.4) is 0 Å². The van der Waals surface area contributed by atoms with E-state index in [-0.39, 0.29) is 0 Å². The molecule has 194 valence electrons. The third kappa shape index (κ3) is 3.68. The first-order chi connectivity index (χ1) is 15.6. The quantitative estimate of drug-likeness (QED) is 0.267. The fourth-order valence-corrected chi connectivity index (χ4v) is 15.6. The van der Waals surface area contributed by atoms with E-state index in [1.54, 1.807) is 31.7 Å². The van der Waals surface area contributed by atoms with E-state index in [9.17, 15) is 0 Å². The van der Waals surface area contributed by atoms with Crippen molar-refractivity contribution in [3.05, 3.63) is 11.6 Å². The van der Waals surface area contributed by atoms with E-state index in [4.69, 9.17) is 0 Å². The normalized spacial score (nSPS) is 44.1. The highest BCUT2D eigenvalue weighted by molar-refractivity contribution is 6.81. The van der Waals surface area contributed by atoms with Crippen LogP contribution in [0.2, 0.25) is 48.9 Å². The minimum Gasteiger partial charge on any atom is -0.0845 e. The Labute approximate surface area is 215 Å². The highest BCUT2D eigenvalue weighted by atomic mass is 28.3. The predicted octanol–water partition coefficient (Wildman–Crippen LogP) is 10.6. The van der Waals surface area contributed by atoms with Crippen LogP contribution >= 0.6 is 0 Å². The fraction of sp³-hybridized carbons (Fsp3) is 0.938. The molecule has 0 heterocycles. The Balaban J connectivity index is 1.35. The molecule has 0 aromatic rings. The zero-order valence-electron chi connectivity index (χ0n) is 24.7. The van der Waals surface area contributed by atoms with Crippen LogP contribution in [0.1, 0.15) is 98.8 Å². The topological polar surface area (TPSA) is 0 Å². The highest BCUT2D eigenvalue weighted by Crippen LogP contribution is 2.72. The predicted molar refractivity (Wildman–Crippen MR) is 156 cm³/mol. The van der Waals surface area contributed by atoms with Crippen LogP contribution in [0, 0.1) is 40.4 Å². The van der Waals surface area contributed by atoms with E-state index in [0.29, 0.717) is 20.9 Å². The fourth-order valence-electron chi connectivity index (χ4n) is 10.3. The summed E-state index contributed by atoms with van der Waals surface area (Å²) in [5.74, 6) is 5.06. The molecule has 0 N–H and O–H groups in total. The van der Waals surface area contributed by atoms with E-state index < -0.39 is 16.1 Å². The lowest BCUT2D eigenvalue weighted by molar-refractivity contribution is -0.0960. The van der Waals surface area contributed by atoms with Gasteiger partial charge in [-0.25, -0.2) is 0 Å². The third-order valence-corrected chi connectivity index (χ3v) is 23.4. The molecule has 0 saturated heterocycles. The standard InChI is InChI=1S/C32H58Si2/c1-29(2,3)34(9,10)22-25-12-14-27-26-13-11-23-21-24(32(19-20-32)33(6,7)8)15-17-30(23,4)28(26)16-18-31(25,27)5/h15,23,25-28H,11-14,16-22H2,1-10H3/t23-,25+,26+,27+,28+,30-,31+/m0/s1. The van der Waals surface area contributed by atoms with Crippen molar-refractivity contribution in [1.29, 1.82) is 0 Å². The smallest absolute Gasteiger partial charge is 0.0552 e. The minimum absolute atomic E-state index is 0.533. The Morgan fingerprint density at radius 1 is 0.824 bits per heavy atom. The molecule has 7 atom stereocenters. The lowest BCUT2D eigenvalue weighted by Gasteiger charge is -2.61. The van der Waals surface area contributed by atoms with Crippen molar-refractivity contribution in [2.45, 2.75) is 148 Å². The van der Waals surface area contributed by atoms with E-state index in [1.165, 1.54) is 38.5 Å². The summed E-state index contributed by atoms with van der Waals surface area (Å²) in [4.78, 5) is 0. The van der Waals surface area contributed by atoms with Gasteiger partial charge in [-0.3, -0.25) is 0 Å². The summed E-state index contributed by atoms with van der Waals surface area (Å²) in [6.45, 7) is 26.5. The van der Waals surface area contributed by atoms with Crippen molar-refractivity contribution in [3.8, 4) is 0 Å². The number of fused-ring (bicyclic) bond motifs is 5. The molecule has 5 rings (SSSR count). The molecule has 0 aromatic carbocycles. The van der Waals surface area contributed by atoms with Crippen molar-refractivity contribution in [1.82, 2.24) is 0 Å². The van der Waals surface area contributed by atoms with Crippen molar-refractivity contribution in [3.63, 3.8) is 0 Å². The molecule has 34 heavy (non-hydrogen) atoms. The first kappa shape index (κ1) is 25.8. The molecule has 0 bridgehead atoms. The molecule has 5 aliphatic carbocycles. The molecule has 0 aromatic heterocycles. The first-order valence-electron chi connectivity index (χ1n) is 15.2.